The second-order valence-corrected chi connectivity index (χ2v) is 8.80. The average Bonchev–Trinajstić information content (AvgIpc) is 3.67. The Kier molecular flexibility index (Phi) is 15.0. The predicted octanol–water partition coefficient (Wildman–Crippen LogP) is 4.38. The maximum Gasteiger partial charge on any atom is 0.205 e. The molecule has 5 heterocycles. The first-order valence-electron chi connectivity index (χ1n) is 11.9. The number of ether oxygens (including phenoxy) is 1. The molecule has 13 heteroatoms. The van der Waals surface area contributed by atoms with E-state index in [-0.39, 0.29) is 62.5 Å². The minimum atomic E-state index is 0. The molecule has 0 aliphatic carbocycles. The van der Waals surface area contributed by atoms with Crippen molar-refractivity contribution in [1.82, 2.24) is 29.1 Å². The molecular weight excluding hydrogens is 754 g/mol. The summed E-state index contributed by atoms with van der Waals surface area (Å²) in [5, 5.41) is 17.7. The summed E-state index contributed by atoms with van der Waals surface area (Å²) in [5.74, 6) is 0.668. The Morgan fingerprint density at radius 3 is 1.85 bits per heavy atom. The summed E-state index contributed by atoms with van der Waals surface area (Å²) in [4.78, 5) is 16.1. The van der Waals surface area contributed by atoms with E-state index < -0.39 is 0 Å². The van der Waals surface area contributed by atoms with Gasteiger partial charge >= 0.3 is 0 Å². The molecule has 0 bridgehead atoms. The number of nitrogens with zero attached hydrogens (tertiary/aromatic N) is 8. The third-order valence-electron chi connectivity index (χ3n) is 5.52. The van der Waals surface area contributed by atoms with Crippen LogP contribution < -0.4 is 11.5 Å². The largest absolute Gasteiger partial charge is 1.00 e. The van der Waals surface area contributed by atoms with Gasteiger partial charge in [0.05, 0.1) is 19.4 Å². The Hall–Kier alpha value is -3.40. The number of nitrogens with two attached hydrogens (primary N) is 2. The topological polar surface area (TPSA) is 170 Å². The Morgan fingerprint density at radius 1 is 0.900 bits per heavy atom. The third kappa shape index (κ3) is 9.97. The van der Waals surface area contributed by atoms with Gasteiger partial charge in [0.15, 0.2) is 11.4 Å². The van der Waals surface area contributed by atoms with Crippen molar-refractivity contribution in [1.29, 1.82) is 10.5 Å². The summed E-state index contributed by atoms with van der Waals surface area (Å²) in [5.41, 5.74) is 15.8. The van der Waals surface area contributed by atoms with Gasteiger partial charge in [0, 0.05) is 68.1 Å². The fourth-order valence-corrected chi connectivity index (χ4v) is 3.58. The van der Waals surface area contributed by atoms with Crippen LogP contribution in [0.15, 0.2) is 43.0 Å². The smallest absolute Gasteiger partial charge is 0.205 e. The molecule has 4 aromatic heterocycles. The van der Waals surface area contributed by atoms with Crippen LogP contribution in [0.1, 0.15) is 55.6 Å². The third-order valence-corrected chi connectivity index (χ3v) is 5.81. The Bertz CT molecular complexity index is 1420. The van der Waals surface area contributed by atoms with Crippen molar-refractivity contribution in [3.63, 3.8) is 0 Å². The van der Waals surface area contributed by atoms with Crippen LogP contribution in [-0.2, 0) is 17.8 Å². The zero-order valence-electron chi connectivity index (χ0n) is 22.8. The summed E-state index contributed by atoms with van der Waals surface area (Å²) in [6.07, 6.45) is 7.66. The Morgan fingerprint density at radius 2 is 1.45 bits per heavy atom. The first-order valence-corrected chi connectivity index (χ1v) is 12.2. The van der Waals surface area contributed by atoms with Crippen molar-refractivity contribution in [2.75, 3.05) is 24.7 Å². The normalized spacial score (nSPS) is 11.3. The van der Waals surface area contributed by atoms with Crippen LogP contribution in [0.4, 0.5) is 11.6 Å². The number of pyridine rings is 2. The molecule has 1 aliphatic heterocycles. The van der Waals surface area contributed by atoms with Gasteiger partial charge in [-0.05, 0) is 61.5 Å². The molecule has 1 aliphatic rings. The minimum Gasteiger partial charge on any atom is -1.00 e. The SMILES string of the molecule is C.C1CCOC1.Cc1ccc(Cn2c(Cl)nc(C#N)c2N)cn1.Cc1ccc(Cn2cnc(C#N)c2N)cn1.[3H-].[U]. The van der Waals surface area contributed by atoms with Gasteiger partial charge in [0.2, 0.25) is 5.28 Å². The molecule has 210 valence electrons. The maximum absolute atomic E-state index is 8.78. The van der Waals surface area contributed by atoms with Gasteiger partial charge in [-0.1, -0.05) is 19.6 Å². The van der Waals surface area contributed by atoms with E-state index in [0.717, 1.165) is 35.7 Å². The number of imidazole rings is 2. The summed E-state index contributed by atoms with van der Waals surface area (Å²) >= 11 is 5.91. The molecule has 40 heavy (non-hydrogen) atoms. The first kappa shape index (κ1) is 34.6. The summed E-state index contributed by atoms with van der Waals surface area (Å²) in [6.45, 7) is 6.87. The summed E-state index contributed by atoms with van der Waals surface area (Å²) in [7, 11) is 0. The Balaban J connectivity index is 0.000000628. The van der Waals surface area contributed by atoms with Crippen LogP contribution in [0.5, 0.6) is 0 Å². The zero-order valence-corrected chi connectivity index (χ0v) is 26.7. The minimum absolute atomic E-state index is 0. The molecule has 0 atom stereocenters. The summed E-state index contributed by atoms with van der Waals surface area (Å²) < 4.78 is 8.25. The fraction of sp³-hybridized carbons (Fsp3) is 0.333. The predicted molar refractivity (Wildman–Crippen MR) is 152 cm³/mol. The molecule has 5 rings (SSSR count). The van der Waals surface area contributed by atoms with Gasteiger partial charge in [-0.15, -0.1) is 0 Å². The standard InChI is InChI=1S/C11H10ClN5.C11H11N5.C4H8O.CH4.U.H/c1-7-2-3-8(5-15-7)6-17-10(14)9(4-13)16-11(17)12;1-8-2-3-9(5-14-8)6-16-7-15-10(4-12)11(16)13;1-2-4-5-3-1;;;/h2-3,5H,6,14H2,1H3;2-3,5,7H,6,13H2,1H3;1-4H2;1H4;;/q;;;;;-1/i;;;;;1+2. The van der Waals surface area contributed by atoms with Crippen molar-refractivity contribution < 1.29 is 37.3 Å². The van der Waals surface area contributed by atoms with Gasteiger partial charge in [-0.2, -0.15) is 10.5 Å². The maximum atomic E-state index is 8.78. The summed E-state index contributed by atoms with van der Waals surface area (Å²) in [6, 6.07) is 11.6. The molecule has 0 amide bonds. The van der Waals surface area contributed by atoms with Gasteiger partial charge < -0.3 is 22.2 Å². The van der Waals surface area contributed by atoms with E-state index in [1.807, 2.05) is 50.3 Å². The number of anilines is 2. The fourth-order valence-electron chi connectivity index (χ4n) is 3.35. The number of aromatic nitrogens is 6. The number of nitrogen functional groups attached to an aromatic ring is 2. The number of hydrogen-bond acceptors (Lipinski definition) is 9. The van der Waals surface area contributed by atoms with Gasteiger partial charge in [-0.25, -0.2) is 9.97 Å². The first-order chi connectivity index (χ1) is 18.3. The second kappa shape index (κ2) is 17.3. The number of halogens is 1. The van der Waals surface area contributed by atoms with Crippen molar-refractivity contribution in [2.24, 2.45) is 0 Å². The van der Waals surface area contributed by atoms with E-state index in [1.54, 1.807) is 27.9 Å². The molecule has 0 unspecified atom stereocenters. The average molecular weight is 790 g/mol. The van der Waals surface area contributed by atoms with Crippen LogP contribution in [0.3, 0.4) is 0 Å². The molecule has 0 saturated carbocycles. The van der Waals surface area contributed by atoms with E-state index in [1.165, 1.54) is 12.8 Å². The van der Waals surface area contributed by atoms with Crippen molar-refractivity contribution >= 4 is 23.2 Å². The van der Waals surface area contributed by atoms with Crippen LogP contribution >= 0.6 is 11.6 Å². The van der Waals surface area contributed by atoms with E-state index in [0.29, 0.717) is 18.9 Å². The van der Waals surface area contributed by atoms with Gasteiger partial charge in [0.1, 0.15) is 23.8 Å². The zero-order chi connectivity index (χ0) is 27.5. The number of nitriles is 2. The molecule has 1 saturated heterocycles. The number of rotatable bonds is 4. The molecule has 0 radical (unpaired) electrons. The molecule has 4 aromatic rings. The van der Waals surface area contributed by atoms with Crippen LogP contribution in [0.25, 0.3) is 0 Å². The van der Waals surface area contributed by atoms with Crippen LogP contribution in [0, 0.1) is 67.6 Å². The van der Waals surface area contributed by atoms with Crippen molar-refractivity contribution in [3.05, 3.63) is 82.2 Å². The quantitative estimate of drug-likeness (QED) is 0.305. The molecule has 1 fully saturated rings. The Labute approximate surface area is 265 Å². The monoisotopic (exact) mass is 789 g/mol. The van der Waals surface area contributed by atoms with E-state index in [9.17, 15) is 0 Å². The number of hydrogen-bond donors (Lipinski definition) is 2. The van der Waals surface area contributed by atoms with Crippen LogP contribution in [0.2, 0.25) is 5.28 Å². The van der Waals surface area contributed by atoms with Crippen molar-refractivity contribution in [3.8, 4) is 12.1 Å². The van der Waals surface area contributed by atoms with Crippen molar-refractivity contribution in [2.45, 2.75) is 47.2 Å². The van der Waals surface area contributed by atoms with E-state index >= 15 is 0 Å². The molecule has 11 nitrogen and oxygen atoms in total. The van der Waals surface area contributed by atoms with Crippen LogP contribution in [-0.4, -0.2) is 42.3 Å². The molecule has 0 spiro atoms. The number of aryl methyl sites for hydroxylation is 2. The van der Waals surface area contributed by atoms with E-state index in [2.05, 4.69) is 19.9 Å². The van der Waals surface area contributed by atoms with Gasteiger partial charge in [-0.3, -0.25) is 14.5 Å². The second-order valence-electron chi connectivity index (χ2n) is 8.47. The van der Waals surface area contributed by atoms with E-state index in [4.69, 9.17) is 38.3 Å². The molecule has 0 aromatic carbocycles. The van der Waals surface area contributed by atoms with Gasteiger partial charge in [0.25, 0.3) is 0 Å². The molecular formula is C27H34ClN10OU-. The molecule has 4 N–H and O–H groups in total.